The van der Waals surface area contributed by atoms with Crippen LogP contribution in [0.2, 0.25) is 0 Å². The summed E-state index contributed by atoms with van der Waals surface area (Å²) in [5.74, 6) is 0.413. The molecule has 1 saturated carbocycles. The zero-order valence-electron chi connectivity index (χ0n) is 12.6. The first kappa shape index (κ1) is 15.4. The summed E-state index contributed by atoms with van der Waals surface area (Å²) in [5, 5.41) is 3.67. The van der Waals surface area contributed by atoms with Gasteiger partial charge in [0.2, 0.25) is 0 Å². The molecule has 2 nitrogen and oxygen atoms in total. The van der Waals surface area contributed by atoms with Gasteiger partial charge in [0.1, 0.15) is 5.82 Å². The van der Waals surface area contributed by atoms with Crippen molar-refractivity contribution in [2.75, 3.05) is 20.1 Å². The Balaban J connectivity index is 1.85. The van der Waals surface area contributed by atoms with Crippen molar-refractivity contribution in [2.24, 2.45) is 5.92 Å². The molecule has 4 heteroatoms. The van der Waals surface area contributed by atoms with Gasteiger partial charge in [0, 0.05) is 23.1 Å². The minimum absolute atomic E-state index is 0.139. The van der Waals surface area contributed by atoms with Crippen LogP contribution in [0.1, 0.15) is 43.7 Å². The average molecular weight is 355 g/mol. The van der Waals surface area contributed by atoms with E-state index in [1.807, 2.05) is 6.07 Å². The first-order valence-corrected chi connectivity index (χ1v) is 8.83. The second-order valence-electron chi connectivity index (χ2n) is 6.53. The highest BCUT2D eigenvalue weighted by molar-refractivity contribution is 9.10. The molecular weight excluding hydrogens is 331 g/mol. The second kappa shape index (κ2) is 6.76. The topological polar surface area (TPSA) is 15.3 Å². The molecule has 0 bridgehead atoms. The molecule has 0 aromatic heterocycles. The Morgan fingerprint density at radius 2 is 2.10 bits per heavy atom. The van der Waals surface area contributed by atoms with Gasteiger partial charge in [-0.2, -0.15) is 0 Å². The predicted octanol–water partition coefficient (Wildman–Crippen LogP) is 4.11. The molecule has 0 amide bonds. The van der Waals surface area contributed by atoms with Gasteiger partial charge in [0.15, 0.2) is 0 Å². The van der Waals surface area contributed by atoms with Crippen LogP contribution in [0.25, 0.3) is 0 Å². The molecule has 1 aromatic carbocycles. The van der Waals surface area contributed by atoms with Gasteiger partial charge in [-0.1, -0.05) is 22.4 Å². The number of rotatable bonds is 4. The summed E-state index contributed by atoms with van der Waals surface area (Å²) in [6.07, 6.45) is 6.36. The van der Waals surface area contributed by atoms with Gasteiger partial charge in [-0.05, 0) is 69.0 Å². The van der Waals surface area contributed by atoms with Crippen molar-refractivity contribution in [3.63, 3.8) is 0 Å². The summed E-state index contributed by atoms with van der Waals surface area (Å²) in [4.78, 5) is 2.41. The fourth-order valence-electron chi connectivity index (χ4n) is 3.48. The summed E-state index contributed by atoms with van der Waals surface area (Å²) in [7, 11) is 2.18. The minimum atomic E-state index is -0.139. The van der Waals surface area contributed by atoms with Crippen LogP contribution in [0.4, 0.5) is 4.39 Å². The normalized spacial score (nSPS) is 27.6. The van der Waals surface area contributed by atoms with Crippen LogP contribution in [0.3, 0.4) is 0 Å². The Kier molecular flexibility index (Phi) is 4.97. The number of hydrogen-bond donors (Lipinski definition) is 1. The van der Waals surface area contributed by atoms with Gasteiger partial charge >= 0.3 is 0 Å². The summed E-state index contributed by atoms with van der Waals surface area (Å²) >= 11 is 3.63. The highest BCUT2D eigenvalue weighted by Crippen LogP contribution is 2.38. The average Bonchev–Trinajstić information content (AvgIpc) is 3.28. The van der Waals surface area contributed by atoms with Gasteiger partial charge in [-0.15, -0.1) is 0 Å². The Hall–Kier alpha value is -0.450. The van der Waals surface area contributed by atoms with Crippen LogP contribution in [0.5, 0.6) is 0 Å². The zero-order valence-corrected chi connectivity index (χ0v) is 14.2. The number of nitrogens with one attached hydrogen (secondary N) is 1. The number of benzene rings is 1. The largest absolute Gasteiger partial charge is 0.314 e. The molecule has 2 aliphatic rings. The summed E-state index contributed by atoms with van der Waals surface area (Å²) < 4.78 is 14.8. The fraction of sp³-hybridized carbons (Fsp3) is 0.647. The van der Waals surface area contributed by atoms with E-state index in [-0.39, 0.29) is 5.82 Å². The molecule has 116 valence electrons. The van der Waals surface area contributed by atoms with Crippen molar-refractivity contribution < 1.29 is 4.39 Å². The number of hydrogen-bond acceptors (Lipinski definition) is 2. The molecular formula is C17H24BrFN2. The molecule has 21 heavy (non-hydrogen) atoms. The second-order valence-corrected chi connectivity index (χ2v) is 7.38. The molecule has 2 fully saturated rings. The van der Waals surface area contributed by atoms with E-state index in [0.717, 1.165) is 29.2 Å². The van der Waals surface area contributed by atoms with Crippen LogP contribution in [-0.4, -0.2) is 31.1 Å². The van der Waals surface area contributed by atoms with Crippen LogP contribution in [-0.2, 0) is 0 Å². The van der Waals surface area contributed by atoms with Crippen molar-refractivity contribution in [2.45, 2.75) is 44.2 Å². The van der Waals surface area contributed by atoms with E-state index in [1.165, 1.54) is 38.2 Å². The first-order chi connectivity index (χ1) is 10.1. The van der Waals surface area contributed by atoms with Crippen molar-refractivity contribution in [1.82, 2.24) is 10.2 Å². The van der Waals surface area contributed by atoms with Crippen LogP contribution < -0.4 is 5.32 Å². The highest BCUT2D eigenvalue weighted by atomic mass is 79.9. The molecule has 1 N–H and O–H groups in total. The minimum Gasteiger partial charge on any atom is -0.314 e. The van der Waals surface area contributed by atoms with E-state index >= 15 is 0 Å². The molecule has 3 rings (SSSR count). The quantitative estimate of drug-likeness (QED) is 0.874. The third-order valence-electron chi connectivity index (χ3n) is 4.78. The lowest BCUT2D eigenvalue weighted by Gasteiger charge is -2.33. The Morgan fingerprint density at radius 3 is 2.86 bits per heavy atom. The highest BCUT2D eigenvalue weighted by Gasteiger charge is 2.32. The van der Waals surface area contributed by atoms with Crippen LogP contribution in [0.15, 0.2) is 22.7 Å². The number of halogens is 2. The van der Waals surface area contributed by atoms with E-state index in [0.29, 0.717) is 12.0 Å². The number of nitrogens with zero attached hydrogens (tertiary/aromatic N) is 1. The zero-order chi connectivity index (χ0) is 14.8. The Labute approximate surface area is 135 Å². The molecule has 1 heterocycles. The van der Waals surface area contributed by atoms with E-state index in [9.17, 15) is 4.39 Å². The van der Waals surface area contributed by atoms with Gasteiger partial charge < -0.3 is 5.32 Å². The maximum absolute atomic E-state index is 13.7. The molecule has 1 saturated heterocycles. The molecule has 2 atom stereocenters. The lowest BCUT2D eigenvalue weighted by molar-refractivity contribution is 0.187. The molecule has 1 aromatic rings. The van der Waals surface area contributed by atoms with E-state index in [2.05, 4.69) is 33.2 Å². The first-order valence-electron chi connectivity index (χ1n) is 8.03. The Morgan fingerprint density at radius 1 is 1.29 bits per heavy atom. The van der Waals surface area contributed by atoms with Gasteiger partial charge in [0.25, 0.3) is 0 Å². The van der Waals surface area contributed by atoms with E-state index < -0.39 is 0 Å². The molecule has 2 unspecified atom stereocenters. The lowest BCUT2D eigenvalue weighted by atomic mass is 9.89. The van der Waals surface area contributed by atoms with Crippen molar-refractivity contribution in [1.29, 1.82) is 0 Å². The lowest BCUT2D eigenvalue weighted by Crippen LogP contribution is -2.35. The summed E-state index contributed by atoms with van der Waals surface area (Å²) in [5.41, 5.74) is 1.10. The van der Waals surface area contributed by atoms with Gasteiger partial charge in [0.05, 0.1) is 0 Å². The molecule has 1 aliphatic carbocycles. The fourth-order valence-corrected chi connectivity index (χ4v) is 3.96. The molecule has 0 spiro atoms. The maximum atomic E-state index is 13.7. The van der Waals surface area contributed by atoms with Crippen LogP contribution in [0, 0.1) is 11.7 Å². The predicted molar refractivity (Wildman–Crippen MR) is 87.8 cm³/mol. The van der Waals surface area contributed by atoms with Crippen molar-refractivity contribution >= 4 is 15.9 Å². The monoisotopic (exact) mass is 354 g/mol. The third kappa shape index (κ3) is 3.85. The van der Waals surface area contributed by atoms with Crippen LogP contribution >= 0.6 is 15.9 Å². The third-order valence-corrected chi connectivity index (χ3v) is 5.50. The van der Waals surface area contributed by atoms with E-state index in [4.69, 9.17) is 0 Å². The van der Waals surface area contributed by atoms with Crippen molar-refractivity contribution in [3.8, 4) is 0 Å². The van der Waals surface area contributed by atoms with Crippen molar-refractivity contribution in [3.05, 3.63) is 34.1 Å². The Bertz CT molecular complexity index is 490. The van der Waals surface area contributed by atoms with Gasteiger partial charge in [-0.3, -0.25) is 4.90 Å². The molecule has 0 radical (unpaired) electrons. The van der Waals surface area contributed by atoms with E-state index in [1.54, 1.807) is 6.07 Å². The summed E-state index contributed by atoms with van der Waals surface area (Å²) in [6.45, 7) is 2.14. The SMILES string of the molecule is CN1CCCCC(CNC2CC2)C1c1cc(F)ccc1Br. The standard InChI is InChI=1S/C17H24BrFN2/c1-21-9-3-2-4-12(11-20-14-6-7-14)17(21)15-10-13(19)5-8-16(15)18/h5,8,10,12,14,17,20H,2-4,6-7,9,11H2,1H3. The molecule has 1 aliphatic heterocycles. The number of likely N-dealkylation sites (tertiary alicyclic amines) is 1. The summed E-state index contributed by atoms with van der Waals surface area (Å²) in [6, 6.07) is 6.11. The maximum Gasteiger partial charge on any atom is 0.123 e. The van der Waals surface area contributed by atoms with Gasteiger partial charge in [-0.25, -0.2) is 4.39 Å². The smallest absolute Gasteiger partial charge is 0.123 e.